The van der Waals surface area contributed by atoms with Gasteiger partial charge in [0.25, 0.3) is 0 Å². The van der Waals surface area contributed by atoms with Crippen LogP contribution in [0.2, 0.25) is 5.02 Å². The van der Waals surface area contributed by atoms with Crippen molar-refractivity contribution in [2.45, 2.75) is 32.9 Å². The minimum absolute atomic E-state index is 0.444. The monoisotopic (exact) mass is 449 g/mol. The average Bonchev–Trinajstić information content (AvgIpc) is 3.21. The van der Waals surface area contributed by atoms with E-state index in [2.05, 4.69) is 27.4 Å². The van der Waals surface area contributed by atoms with Crippen LogP contribution in [0.3, 0.4) is 0 Å². The van der Waals surface area contributed by atoms with Crippen LogP contribution in [0, 0.1) is 0 Å². The fourth-order valence-corrected chi connectivity index (χ4v) is 3.79. The van der Waals surface area contributed by atoms with Crippen molar-refractivity contribution in [2.24, 2.45) is 0 Å². The van der Waals surface area contributed by atoms with Gasteiger partial charge in [-0.3, -0.25) is 0 Å². The fourth-order valence-electron chi connectivity index (χ4n) is 3.58. The molecule has 32 heavy (non-hydrogen) atoms. The van der Waals surface area contributed by atoms with Crippen LogP contribution < -0.4 is 14.8 Å². The number of benzene rings is 3. The molecule has 3 aromatic carbocycles. The Labute approximate surface area is 193 Å². The summed E-state index contributed by atoms with van der Waals surface area (Å²) in [6, 6.07) is 21.9. The summed E-state index contributed by atoms with van der Waals surface area (Å²) in [4.78, 5) is 8.02. The first kappa shape index (κ1) is 22.2. The second-order valence-corrected chi connectivity index (χ2v) is 8.05. The molecule has 6 heteroatoms. The topological polar surface area (TPSA) is 59.2 Å². The Morgan fingerprint density at radius 2 is 1.84 bits per heavy atom. The smallest absolute Gasteiger partial charge is 0.161 e. The maximum absolute atomic E-state index is 6.06. The lowest BCUT2D eigenvalue weighted by Crippen LogP contribution is -2.15. The van der Waals surface area contributed by atoms with E-state index in [4.69, 9.17) is 21.1 Å². The van der Waals surface area contributed by atoms with Gasteiger partial charge in [0, 0.05) is 18.0 Å². The normalized spacial score (nSPS) is 11.1. The molecule has 4 aromatic rings. The molecule has 0 atom stereocenters. The standard InChI is InChI=1S/C26H28ClN3O2/c1-2-31-25-16-19(12-13-24(25)32-18-20-7-5-8-21(27)15-20)17-28-14-6-11-26-29-22-9-3-4-10-23(22)30-26/h3-5,7-10,12-13,15-16,28H,2,6,11,14,17-18H2,1H3,(H,29,30). The molecule has 2 N–H and O–H groups in total. The zero-order valence-corrected chi connectivity index (χ0v) is 19.0. The highest BCUT2D eigenvalue weighted by molar-refractivity contribution is 6.30. The molecule has 0 aliphatic carbocycles. The van der Waals surface area contributed by atoms with Crippen LogP contribution in [0.1, 0.15) is 30.3 Å². The number of hydrogen-bond donors (Lipinski definition) is 2. The third-order valence-corrected chi connectivity index (χ3v) is 5.36. The molecule has 4 rings (SSSR count). The second kappa shape index (κ2) is 11.0. The summed E-state index contributed by atoms with van der Waals surface area (Å²) in [6.07, 6.45) is 1.93. The summed E-state index contributed by atoms with van der Waals surface area (Å²) in [7, 11) is 0. The minimum atomic E-state index is 0.444. The highest BCUT2D eigenvalue weighted by Gasteiger charge is 2.08. The van der Waals surface area contributed by atoms with Crippen molar-refractivity contribution in [3.8, 4) is 11.5 Å². The Hall–Kier alpha value is -3.02. The number of aromatic amines is 1. The van der Waals surface area contributed by atoms with E-state index in [-0.39, 0.29) is 0 Å². The van der Waals surface area contributed by atoms with Crippen molar-refractivity contribution in [3.63, 3.8) is 0 Å². The van der Waals surface area contributed by atoms with Gasteiger partial charge in [0.05, 0.1) is 17.6 Å². The number of ether oxygens (including phenoxy) is 2. The molecule has 0 radical (unpaired) electrons. The van der Waals surface area contributed by atoms with E-state index in [1.165, 1.54) is 0 Å². The molecule has 0 bridgehead atoms. The number of imidazole rings is 1. The summed E-state index contributed by atoms with van der Waals surface area (Å²) in [5.74, 6) is 2.53. The summed E-state index contributed by atoms with van der Waals surface area (Å²) in [5, 5.41) is 4.21. The molecular formula is C26H28ClN3O2. The number of fused-ring (bicyclic) bond motifs is 1. The predicted octanol–water partition coefficient (Wildman–Crippen LogP) is 5.92. The van der Waals surface area contributed by atoms with Gasteiger partial charge in [0.15, 0.2) is 11.5 Å². The maximum Gasteiger partial charge on any atom is 0.161 e. The Morgan fingerprint density at radius 1 is 0.938 bits per heavy atom. The molecule has 1 heterocycles. The van der Waals surface area contributed by atoms with Crippen LogP contribution in [0.5, 0.6) is 11.5 Å². The molecular weight excluding hydrogens is 422 g/mol. The SMILES string of the molecule is CCOc1cc(CNCCCc2nc3ccccc3[nH]2)ccc1OCc1cccc(Cl)c1. The van der Waals surface area contributed by atoms with E-state index >= 15 is 0 Å². The van der Waals surface area contributed by atoms with E-state index in [1.807, 2.05) is 61.5 Å². The Balaban J connectivity index is 1.27. The van der Waals surface area contributed by atoms with Crippen LogP contribution in [0.25, 0.3) is 11.0 Å². The highest BCUT2D eigenvalue weighted by atomic mass is 35.5. The Bertz CT molecular complexity index is 1130. The van der Waals surface area contributed by atoms with Crippen molar-refractivity contribution < 1.29 is 9.47 Å². The lowest BCUT2D eigenvalue weighted by Gasteiger charge is -2.14. The van der Waals surface area contributed by atoms with Crippen LogP contribution in [-0.2, 0) is 19.6 Å². The summed E-state index contributed by atoms with van der Waals surface area (Å²) in [6.45, 7) is 4.69. The van der Waals surface area contributed by atoms with E-state index < -0.39 is 0 Å². The van der Waals surface area contributed by atoms with Crippen LogP contribution in [0.4, 0.5) is 0 Å². The molecule has 5 nitrogen and oxygen atoms in total. The van der Waals surface area contributed by atoms with Gasteiger partial charge in [-0.05, 0) is 67.4 Å². The van der Waals surface area contributed by atoms with Gasteiger partial charge in [-0.1, -0.05) is 41.9 Å². The molecule has 0 aliphatic rings. The lowest BCUT2D eigenvalue weighted by molar-refractivity contribution is 0.269. The molecule has 0 unspecified atom stereocenters. The highest BCUT2D eigenvalue weighted by Crippen LogP contribution is 2.29. The number of H-pyrrole nitrogens is 1. The molecule has 0 saturated carbocycles. The Morgan fingerprint density at radius 3 is 2.69 bits per heavy atom. The van der Waals surface area contributed by atoms with Crippen LogP contribution >= 0.6 is 11.6 Å². The van der Waals surface area contributed by atoms with Gasteiger partial charge in [-0.15, -0.1) is 0 Å². The number of rotatable bonds is 11. The van der Waals surface area contributed by atoms with E-state index in [0.717, 1.165) is 65.4 Å². The zero-order chi connectivity index (χ0) is 22.2. The summed E-state index contributed by atoms with van der Waals surface area (Å²) in [5.41, 5.74) is 4.30. The molecule has 0 spiro atoms. The third kappa shape index (κ3) is 6.02. The van der Waals surface area contributed by atoms with Crippen LogP contribution in [-0.4, -0.2) is 23.1 Å². The largest absolute Gasteiger partial charge is 0.490 e. The quantitative estimate of drug-likeness (QED) is 0.279. The van der Waals surface area contributed by atoms with E-state index in [1.54, 1.807) is 0 Å². The van der Waals surface area contributed by atoms with Crippen LogP contribution in [0.15, 0.2) is 66.7 Å². The minimum Gasteiger partial charge on any atom is -0.490 e. The van der Waals surface area contributed by atoms with Gasteiger partial charge < -0.3 is 19.8 Å². The number of para-hydroxylation sites is 2. The molecule has 0 amide bonds. The molecule has 166 valence electrons. The molecule has 1 aromatic heterocycles. The van der Waals surface area contributed by atoms with Crippen molar-refractivity contribution >= 4 is 22.6 Å². The molecule has 0 aliphatic heterocycles. The molecule has 0 fully saturated rings. The predicted molar refractivity (Wildman–Crippen MR) is 130 cm³/mol. The van der Waals surface area contributed by atoms with Gasteiger partial charge in [-0.25, -0.2) is 4.98 Å². The first-order chi connectivity index (χ1) is 15.7. The van der Waals surface area contributed by atoms with Gasteiger partial charge >= 0.3 is 0 Å². The van der Waals surface area contributed by atoms with Crippen molar-refractivity contribution in [1.29, 1.82) is 0 Å². The summed E-state index contributed by atoms with van der Waals surface area (Å²) < 4.78 is 11.8. The van der Waals surface area contributed by atoms with Gasteiger partial charge in [-0.2, -0.15) is 0 Å². The Kier molecular flexibility index (Phi) is 7.64. The van der Waals surface area contributed by atoms with Crippen molar-refractivity contribution in [3.05, 3.63) is 88.7 Å². The van der Waals surface area contributed by atoms with E-state index in [0.29, 0.717) is 18.2 Å². The lowest BCUT2D eigenvalue weighted by atomic mass is 10.2. The third-order valence-electron chi connectivity index (χ3n) is 5.13. The van der Waals surface area contributed by atoms with Gasteiger partial charge in [0.2, 0.25) is 0 Å². The number of halogens is 1. The number of aryl methyl sites for hydroxylation is 1. The average molecular weight is 450 g/mol. The number of nitrogens with zero attached hydrogens (tertiary/aromatic N) is 1. The summed E-state index contributed by atoms with van der Waals surface area (Å²) >= 11 is 6.06. The van der Waals surface area contributed by atoms with Crippen molar-refractivity contribution in [2.75, 3.05) is 13.2 Å². The fraction of sp³-hybridized carbons (Fsp3) is 0.269. The molecule has 0 saturated heterocycles. The zero-order valence-electron chi connectivity index (χ0n) is 18.2. The first-order valence-corrected chi connectivity index (χ1v) is 11.4. The number of aromatic nitrogens is 2. The number of hydrogen-bond acceptors (Lipinski definition) is 4. The van der Waals surface area contributed by atoms with Gasteiger partial charge in [0.1, 0.15) is 12.4 Å². The van der Waals surface area contributed by atoms with E-state index in [9.17, 15) is 0 Å². The van der Waals surface area contributed by atoms with Crippen molar-refractivity contribution in [1.82, 2.24) is 15.3 Å². The number of nitrogens with one attached hydrogen (secondary N) is 2. The second-order valence-electron chi connectivity index (χ2n) is 7.61. The first-order valence-electron chi connectivity index (χ1n) is 11.0. The maximum atomic E-state index is 6.06.